The lowest BCUT2D eigenvalue weighted by atomic mass is 9.99. The predicted octanol–water partition coefficient (Wildman–Crippen LogP) is 1.98. The second-order valence-corrected chi connectivity index (χ2v) is 5.45. The summed E-state index contributed by atoms with van der Waals surface area (Å²) in [5.74, 6) is -0.235. The fourth-order valence-corrected chi connectivity index (χ4v) is 2.69. The van der Waals surface area contributed by atoms with Crippen LogP contribution in [0.5, 0.6) is 0 Å². The highest BCUT2D eigenvalue weighted by Crippen LogP contribution is 2.19. The number of carbonyl (C=O) groups is 2. The monoisotopic (exact) mass is 298 g/mol. The molecular formula is C17H18N2O3. The van der Waals surface area contributed by atoms with Crippen LogP contribution in [0, 0.1) is 0 Å². The van der Waals surface area contributed by atoms with Crippen molar-refractivity contribution >= 4 is 11.8 Å². The molecule has 22 heavy (non-hydrogen) atoms. The summed E-state index contributed by atoms with van der Waals surface area (Å²) in [4.78, 5) is 26.2. The minimum Gasteiger partial charge on any atom is -0.459 e. The maximum atomic E-state index is 12.5. The molecule has 5 nitrogen and oxygen atoms in total. The molecule has 2 heterocycles. The van der Waals surface area contributed by atoms with Gasteiger partial charge in [0.05, 0.1) is 6.26 Å². The van der Waals surface area contributed by atoms with Crippen LogP contribution >= 0.6 is 0 Å². The van der Waals surface area contributed by atoms with Crippen LogP contribution in [0.2, 0.25) is 0 Å². The average Bonchev–Trinajstić information content (AvgIpc) is 3.08. The van der Waals surface area contributed by atoms with E-state index in [2.05, 4.69) is 11.4 Å². The molecule has 2 aromatic rings. The number of nitrogens with one attached hydrogen (secondary N) is 1. The van der Waals surface area contributed by atoms with Gasteiger partial charge in [-0.25, -0.2) is 0 Å². The van der Waals surface area contributed by atoms with Crippen LogP contribution in [0.25, 0.3) is 0 Å². The topological polar surface area (TPSA) is 62.6 Å². The fraction of sp³-hybridized carbons (Fsp3) is 0.294. The van der Waals surface area contributed by atoms with E-state index in [4.69, 9.17) is 4.42 Å². The van der Waals surface area contributed by atoms with E-state index < -0.39 is 6.04 Å². The van der Waals surface area contributed by atoms with Crippen LogP contribution < -0.4 is 5.32 Å². The number of amides is 2. The zero-order chi connectivity index (χ0) is 15.5. The third kappa shape index (κ3) is 2.88. The Labute approximate surface area is 128 Å². The number of rotatable bonds is 3. The highest BCUT2D eigenvalue weighted by Gasteiger charge is 2.26. The van der Waals surface area contributed by atoms with Crippen LogP contribution in [0.4, 0.5) is 0 Å². The smallest absolute Gasteiger partial charge is 0.287 e. The largest absolute Gasteiger partial charge is 0.459 e. The quantitative estimate of drug-likeness (QED) is 0.942. The molecule has 1 N–H and O–H groups in total. The molecule has 0 spiro atoms. The standard InChI is InChI=1S/C17H18N2O3/c1-12(18-16(20)15-7-4-10-22-15)17(21)19-9-8-13-5-2-3-6-14(13)11-19/h2-7,10,12H,8-9,11H2,1H3,(H,18,20). The first-order chi connectivity index (χ1) is 10.6. The summed E-state index contributed by atoms with van der Waals surface area (Å²) >= 11 is 0. The Bertz CT molecular complexity index is 679. The molecule has 0 radical (unpaired) electrons. The maximum Gasteiger partial charge on any atom is 0.287 e. The molecular weight excluding hydrogens is 280 g/mol. The van der Waals surface area contributed by atoms with Crippen molar-refractivity contribution < 1.29 is 14.0 Å². The molecule has 1 aromatic heterocycles. The third-order valence-electron chi connectivity index (χ3n) is 3.91. The van der Waals surface area contributed by atoms with Crippen LogP contribution in [-0.2, 0) is 17.8 Å². The molecule has 5 heteroatoms. The Hall–Kier alpha value is -2.56. The number of carbonyl (C=O) groups excluding carboxylic acids is 2. The lowest BCUT2D eigenvalue weighted by Crippen LogP contribution is -2.48. The first kappa shape index (κ1) is 14.4. The molecule has 1 atom stereocenters. The summed E-state index contributed by atoms with van der Waals surface area (Å²) < 4.78 is 5.03. The number of nitrogens with zero attached hydrogens (tertiary/aromatic N) is 1. The first-order valence-electron chi connectivity index (χ1n) is 7.35. The fourth-order valence-electron chi connectivity index (χ4n) is 2.69. The van der Waals surface area contributed by atoms with E-state index in [0.717, 1.165) is 6.42 Å². The van der Waals surface area contributed by atoms with E-state index in [0.29, 0.717) is 13.1 Å². The van der Waals surface area contributed by atoms with Crippen molar-refractivity contribution in [2.24, 2.45) is 0 Å². The van der Waals surface area contributed by atoms with Crippen molar-refractivity contribution in [3.8, 4) is 0 Å². The van der Waals surface area contributed by atoms with E-state index in [1.165, 1.54) is 17.4 Å². The van der Waals surface area contributed by atoms with Crippen LogP contribution in [0.1, 0.15) is 28.6 Å². The summed E-state index contributed by atoms with van der Waals surface area (Å²) in [6.07, 6.45) is 2.28. The number of benzene rings is 1. The van der Waals surface area contributed by atoms with Gasteiger partial charge in [-0.2, -0.15) is 0 Å². The maximum absolute atomic E-state index is 12.5. The van der Waals surface area contributed by atoms with Gasteiger partial charge in [-0.05, 0) is 36.6 Å². The number of fused-ring (bicyclic) bond motifs is 1. The molecule has 1 aliphatic heterocycles. The minimum absolute atomic E-state index is 0.0746. The second kappa shape index (κ2) is 6.05. The Morgan fingerprint density at radius 3 is 2.68 bits per heavy atom. The number of furan rings is 1. The van der Waals surface area contributed by atoms with Gasteiger partial charge in [-0.1, -0.05) is 24.3 Å². The second-order valence-electron chi connectivity index (χ2n) is 5.45. The molecule has 0 fully saturated rings. The zero-order valence-corrected chi connectivity index (χ0v) is 12.4. The lowest BCUT2D eigenvalue weighted by molar-refractivity contribution is -0.133. The van der Waals surface area contributed by atoms with Gasteiger partial charge >= 0.3 is 0 Å². The Morgan fingerprint density at radius 1 is 1.18 bits per heavy atom. The molecule has 0 saturated heterocycles. The predicted molar refractivity (Wildman–Crippen MR) is 81.2 cm³/mol. The van der Waals surface area contributed by atoms with Gasteiger partial charge in [0.25, 0.3) is 5.91 Å². The SMILES string of the molecule is CC(NC(=O)c1ccco1)C(=O)N1CCc2ccccc2C1. The molecule has 114 valence electrons. The van der Waals surface area contributed by atoms with Crippen molar-refractivity contribution in [3.63, 3.8) is 0 Å². The van der Waals surface area contributed by atoms with E-state index in [-0.39, 0.29) is 17.6 Å². The van der Waals surface area contributed by atoms with Crippen molar-refractivity contribution in [2.75, 3.05) is 6.54 Å². The molecule has 0 bridgehead atoms. The van der Waals surface area contributed by atoms with Gasteiger partial charge < -0.3 is 14.6 Å². The Kier molecular flexibility index (Phi) is 3.96. The third-order valence-corrected chi connectivity index (χ3v) is 3.91. The Balaban J connectivity index is 1.63. The van der Waals surface area contributed by atoms with Crippen molar-refractivity contribution in [1.82, 2.24) is 10.2 Å². The van der Waals surface area contributed by atoms with Crippen molar-refractivity contribution in [2.45, 2.75) is 25.9 Å². The molecule has 2 amide bonds. The van der Waals surface area contributed by atoms with Crippen LogP contribution in [-0.4, -0.2) is 29.3 Å². The number of hydrogen-bond acceptors (Lipinski definition) is 3. The van der Waals surface area contributed by atoms with Gasteiger partial charge in [0.2, 0.25) is 5.91 Å². The minimum atomic E-state index is -0.581. The highest BCUT2D eigenvalue weighted by molar-refractivity contribution is 5.95. The van der Waals surface area contributed by atoms with Gasteiger partial charge in [0, 0.05) is 13.1 Å². The molecule has 0 saturated carbocycles. The molecule has 3 rings (SSSR count). The Morgan fingerprint density at radius 2 is 1.95 bits per heavy atom. The normalized spacial score (nSPS) is 15.0. The van der Waals surface area contributed by atoms with Gasteiger partial charge in [-0.15, -0.1) is 0 Å². The summed E-state index contributed by atoms with van der Waals surface area (Å²) in [5, 5.41) is 2.68. The van der Waals surface area contributed by atoms with Gasteiger partial charge in [-0.3, -0.25) is 9.59 Å². The molecule has 1 unspecified atom stereocenters. The average molecular weight is 298 g/mol. The van der Waals surface area contributed by atoms with E-state index in [9.17, 15) is 9.59 Å². The first-order valence-corrected chi connectivity index (χ1v) is 7.35. The lowest BCUT2D eigenvalue weighted by Gasteiger charge is -2.31. The summed E-state index contributed by atoms with van der Waals surface area (Å²) in [6.45, 7) is 2.97. The number of hydrogen-bond donors (Lipinski definition) is 1. The van der Waals surface area contributed by atoms with Gasteiger partial charge in [0.1, 0.15) is 6.04 Å². The van der Waals surface area contributed by atoms with E-state index >= 15 is 0 Å². The highest BCUT2D eigenvalue weighted by atomic mass is 16.3. The van der Waals surface area contributed by atoms with Crippen LogP contribution in [0.15, 0.2) is 47.1 Å². The van der Waals surface area contributed by atoms with E-state index in [1.54, 1.807) is 24.0 Å². The van der Waals surface area contributed by atoms with E-state index in [1.807, 2.05) is 18.2 Å². The van der Waals surface area contributed by atoms with Crippen LogP contribution in [0.3, 0.4) is 0 Å². The molecule has 1 aromatic carbocycles. The van der Waals surface area contributed by atoms with Gasteiger partial charge in [0.15, 0.2) is 5.76 Å². The zero-order valence-electron chi connectivity index (χ0n) is 12.4. The van der Waals surface area contributed by atoms with Crippen molar-refractivity contribution in [1.29, 1.82) is 0 Å². The summed E-state index contributed by atoms with van der Waals surface area (Å²) in [7, 11) is 0. The summed E-state index contributed by atoms with van der Waals surface area (Å²) in [5.41, 5.74) is 2.46. The van der Waals surface area contributed by atoms with Crippen molar-refractivity contribution in [3.05, 3.63) is 59.5 Å². The molecule has 1 aliphatic rings. The summed E-state index contributed by atoms with van der Waals surface area (Å²) in [6, 6.07) is 10.8. The molecule has 0 aliphatic carbocycles.